The third kappa shape index (κ3) is 5.92. The summed E-state index contributed by atoms with van der Waals surface area (Å²) in [7, 11) is 0. The number of hydrogen-bond acceptors (Lipinski definition) is 1. The zero-order chi connectivity index (χ0) is 7.40. The van der Waals surface area contributed by atoms with Crippen LogP contribution in [0.4, 0.5) is 0 Å². The molecule has 0 bridgehead atoms. The third-order valence-electron chi connectivity index (χ3n) is 1.64. The Bertz CT molecular complexity index is 195. The highest BCUT2D eigenvalue weighted by molar-refractivity contribution is 5.85. The first kappa shape index (κ1) is 18.5. The van der Waals surface area contributed by atoms with E-state index in [1.807, 2.05) is 0 Å². The van der Waals surface area contributed by atoms with E-state index in [0.717, 1.165) is 6.42 Å². The second kappa shape index (κ2) is 9.85. The fourth-order valence-electron chi connectivity index (χ4n) is 0.977. The normalized spacial score (nSPS) is 7.54. The Kier molecular flexibility index (Phi) is 14.0. The second-order valence-electron chi connectivity index (χ2n) is 2.38. The lowest BCUT2D eigenvalue weighted by Crippen LogP contribution is -1.96. The predicted octanol–water partition coefficient (Wildman–Crippen LogP) is 3.19. The highest BCUT2D eigenvalue weighted by Crippen LogP contribution is 2.04. The van der Waals surface area contributed by atoms with Crippen LogP contribution in [0.3, 0.4) is 0 Å². The summed E-state index contributed by atoms with van der Waals surface area (Å²) in [5.74, 6) is 0. The molecule has 1 nitrogen and oxygen atoms in total. The van der Waals surface area contributed by atoms with Gasteiger partial charge in [0.25, 0.3) is 0 Å². The number of rotatable bonds is 2. The Balaban J connectivity index is -0.000000333. The molecule has 0 unspecified atom stereocenters. The summed E-state index contributed by atoms with van der Waals surface area (Å²) in [6.45, 7) is 2.80. The minimum Gasteiger partial charge on any atom is -0.326 e. The van der Waals surface area contributed by atoms with Gasteiger partial charge >= 0.3 is 0 Å². The third-order valence-corrected chi connectivity index (χ3v) is 1.64. The molecule has 0 radical (unpaired) electrons. The van der Waals surface area contributed by atoms with Crippen LogP contribution < -0.4 is 5.73 Å². The first-order valence-corrected chi connectivity index (χ1v) is 3.64. The number of hydrogen-bond donors (Lipinski definition) is 1. The average molecular weight is 224 g/mol. The molecule has 0 heterocycles. The smallest absolute Gasteiger partial charge is 0.0178 e. The van der Waals surface area contributed by atoms with Gasteiger partial charge in [-0.25, -0.2) is 0 Å². The van der Waals surface area contributed by atoms with Crippen molar-refractivity contribution in [3.8, 4) is 0 Å². The fourth-order valence-corrected chi connectivity index (χ4v) is 0.977. The number of halogens is 2. The van der Waals surface area contributed by atoms with Gasteiger partial charge in [-0.05, 0) is 17.5 Å². The molecular formula is C10H19Cl2N. The Labute approximate surface area is 93.5 Å². The molecule has 0 fully saturated rings. The maximum absolute atomic E-state index is 5.47. The van der Waals surface area contributed by atoms with Gasteiger partial charge in [0.2, 0.25) is 0 Å². The quantitative estimate of drug-likeness (QED) is 0.820. The van der Waals surface area contributed by atoms with Crippen molar-refractivity contribution >= 4 is 24.8 Å². The highest BCUT2D eigenvalue weighted by Gasteiger charge is 1.89. The van der Waals surface area contributed by atoms with Crippen molar-refractivity contribution in [3.05, 3.63) is 35.4 Å². The molecule has 0 atom stereocenters. The molecule has 0 aliphatic carbocycles. The van der Waals surface area contributed by atoms with Crippen LogP contribution in [0.1, 0.15) is 25.5 Å². The molecule has 0 aliphatic heterocycles. The predicted molar refractivity (Wildman–Crippen MR) is 64.9 cm³/mol. The van der Waals surface area contributed by atoms with Crippen molar-refractivity contribution in [2.45, 2.75) is 27.3 Å². The van der Waals surface area contributed by atoms with E-state index in [4.69, 9.17) is 5.73 Å². The van der Waals surface area contributed by atoms with Crippen LogP contribution in [-0.2, 0) is 13.0 Å². The Morgan fingerprint density at radius 3 is 2.15 bits per heavy atom. The SMILES string of the molecule is C.CCc1cccc(CN)c1.Cl.Cl. The molecule has 0 amide bonds. The minimum absolute atomic E-state index is 0. The van der Waals surface area contributed by atoms with Crippen LogP contribution in [0, 0.1) is 0 Å². The Morgan fingerprint density at radius 1 is 1.15 bits per heavy atom. The summed E-state index contributed by atoms with van der Waals surface area (Å²) < 4.78 is 0. The number of aryl methyl sites for hydroxylation is 1. The highest BCUT2D eigenvalue weighted by atomic mass is 35.5. The molecule has 2 N–H and O–H groups in total. The van der Waals surface area contributed by atoms with E-state index in [1.54, 1.807) is 0 Å². The van der Waals surface area contributed by atoms with Gasteiger partial charge in [0.05, 0.1) is 0 Å². The van der Waals surface area contributed by atoms with Crippen LogP contribution in [0.5, 0.6) is 0 Å². The lowest BCUT2D eigenvalue weighted by molar-refractivity contribution is 1.05. The largest absolute Gasteiger partial charge is 0.326 e. The number of nitrogens with two attached hydrogens (primary N) is 1. The lowest BCUT2D eigenvalue weighted by atomic mass is 10.1. The molecule has 3 heteroatoms. The van der Waals surface area contributed by atoms with E-state index in [0.29, 0.717) is 6.54 Å². The summed E-state index contributed by atoms with van der Waals surface area (Å²) in [6, 6.07) is 8.39. The van der Waals surface area contributed by atoms with Crippen LogP contribution in [0.15, 0.2) is 24.3 Å². The van der Waals surface area contributed by atoms with Crippen molar-refractivity contribution in [2.24, 2.45) is 5.73 Å². The summed E-state index contributed by atoms with van der Waals surface area (Å²) in [5.41, 5.74) is 8.06. The van der Waals surface area contributed by atoms with Gasteiger partial charge in [-0.1, -0.05) is 38.6 Å². The molecule has 13 heavy (non-hydrogen) atoms. The van der Waals surface area contributed by atoms with Crippen molar-refractivity contribution < 1.29 is 0 Å². The van der Waals surface area contributed by atoms with E-state index in [-0.39, 0.29) is 32.2 Å². The molecule has 0 saturated carbocycles. The van der Waals surface area contributed by atoms with Gasteiger partial charge in [0.15, 0.2) is 0 Å². The maximum Gasteiger partial charge on any atom is 0.0178 e. The van der Waals surface area contributed by atoms with Gasteiger partial charge in [-0.3, -0.25) is 0 Å². The lowest BCUT2D eigenvalue weighted by Gasteiger charge is -1.98. The second-order valence-corrected chi connectivity index (χ2v) is 2.38. The first-order valence-electron chi connectivity index (χ1n) is 3.64. The summed E-state index contributed by atoms with van der Waals surface area (Å²) in [5, 5.41) is 0. The molecule has 1 rings (SSSR count). The summed E-state index contributed by atoms with van der Waals surface area (Å²) >= 11 is 0. The van der Waals surface area contributed by atoms with E-state index in [2.05, 4.69) is 31.2 Å². The van der Waals surface area contributed by atoms with Gasteiger partial charge in [-0.2, -0.15) is 0 Å². The molecule has 0 saturated heterocycles. The summed E-state index contributed by atoms with van der Waals surface area (Å²) in [4.78, 5) is 0. The van der Waals surface area contributed by atoms with Crippen molar-refractivity contribution in [1.82, 2.24) is 0 Å². The maximum atomic E-state index is 5.47. The van der Waals surface area contributed by atoms with Crippen molar-refractivity contribution in [2.75, 3.05) is 0 Å². The van der Waals surface area contributed by atoms with E-state index in [9.17, 15) is 0 Å². The molecule has 1 aromatic rings. The molecule has 0 aliphatic rings. The van der Waals surface area contributed by atoms with Gasteiger partial charge in [0.1, 0.15) is 0 Å². The Hall–Kier alpha value is -0.240. The first-order chi connectivity index (χ1) is 4.86. The van der Waals surface area contributed by atoms with E-state index >= 15 is 0 Å². The fraction of sp³-hybridized carbons (Fsp3) is 0.400. The van der Waals surface area contributed by atoms with E-state index in [1.165, 1.54) is 11.1 Å². The van der Waals surface area contributed by atoms with Crippen LogP contribution >= 0.6 is 24.8 Å². The van der Waals surface area contributed by atoms with Gasteiger partial charge < -0.3 is 5.73 Å². The number of benzene rings is 1. The molecular weight excluding hydrogens is 205 g/mol. The average Bonchev–Trinajstić information content (AvgIpc) is 2.05. The molecule has 78 valence electrons. The molecule has 0 spiro atoms. The standard InChI is InChI=1S/C9H13N.CH4.2ClH/c1-2-8-4-3-5-9(6-8)7-10;;;/h3-6H,2,7,10H2,1H3;1H4;2*1H. The zero-order valence-corrected chi connectivity index (χ0v) is 8.75. The van der Waals surface area contributed by atoms with Gasteiger partial charge in [0, 0.05) is 6.54 Å². The molecule has 1 aromatic carbocycles. The van der Waals surface area contributed by atoms with Gasteiger partial charge in [-0.15, -0.1) is 24.8 Å². The summed E-state index contributed by atoms with van der Waals surface area (Å²) in [6.07, 6.45) is 1.09. The van der Waals surface area contributed by atoms with E-state index < -0.39 is 0 Å². The minimum atomic E-state index is 0. The van der Waals surface area contributed by atoms with Crippen LogP contribution in [0.2, 0.25) is 0 Å². The topological polar surface area (TPSA) is 26.0 Å². The Morgan fingerprint density at radius 2 is 1.69 bits per heavy atom. The van der Waals surface area contributed by atoms with Crippen molar-refractivity contribution in [3.63, 3.8) is 0 Å². The monoisotopic (exact) mass is 223 g/mol. The van der Waals surface area contributed by atoms with Crippen molar-refractivity contribution in [1.29, 1.82) is 0 Å². The van der Waals surface area contributed by atoms with Crippen LogP contribution in [0.25, 0.3) is 0 Å². The van der Waals surface area contributed by atoms with Crippen LogP contribution in [-0.4, -0.2) is 0 Å². The zero-order valence-electron chi connectivity index (χ0n) is 7.12. The molecule has 0 aromatic heterocycles.